The van der Waals surface area contributed by atoms with Gasteiger partial charge in [0.05, 0.1) is 45.4 Å². The molecular weight excluding hydrogens is 525 g/mol. The highest BCUT2D eigenvalue weighted by atomic mass is 35.5. The van der Waals surface area contributed by atoms with Gasteiger partial charge in [-0.05, 0) is 41.4 Å². The number of nitrogens with two attached hydrogens (primary N) is 1. The maximum absolute atomic E-state index is 12.5. The van der Waals surface area contributed by atoms with E-state index < -0.39 is 10.0 Å². The van der Waals surface area contributed by atoms with Gasteiger partial charge < -0.3 is 24.8 Å². The number of halogens is 2. The van der Waals surface area contributed by atoms with E-state index in [0.29, 0.717) is 55.2 Å². The molecule has 0 spiro atoms. The summed E-state index contributed by atoms with van der Waals surface area (Å²) in [6, 6.07) is 11.4. The fourth-order valence-corrected chi connectivity index (χ4v) is 5.84. The van der Waals surface area contributed by atoms with Gasteiger partial charge in [-0.1, -0.05) is 47.5 Å². The first-order valence-corrected chi connectivity index (χ1v) is 14.4. The fraction of sp³-hybridized carbons (Fsp3) is 0.520. The molecule has 0 aliphatic carbocycles. The zero-order chi connectivity index (χ0) is 26.0. The monoisotopic (exact) mass is 559 g/mol. The Morgan fingerprint density at radius 1 is 1.00 bits per heavy atom. The number of nitrogens with one attached hydrogen (secondary N) is 1. The number of ether oxygens (including phenoxy) is 3. The minimum atomic E-state index is -3.48. The molecule has 0 saturated carbocycles. The Morgan fingerprint density at radius 3 is 2.31 bits per heavy atom. The molecule has 200 valence electrons. The summed E-state index contributed by atoms with van der Waals surface area (Å²) in [6.45, 7) is 4.84. The van der Waals surface area contributed by atoms with Gasteiger partial charge in [0.2, 0.25) is 10.0 Å². The van der Waals surface area contributed by atoms with Crippen LogP contribution in [0.25, 0.3) is 0 Å². The molecule has 0 fully saturated rings. The fourth-order valence-electron chi connectivity index (χ4n) is 4.14. The van der Waals surface area contributed by atoms with Gasteiger partial charge in [-0.3, -0.25) is 0 Å². The van der Waals surface area contributed by atoms with Crippen LogP contribution in [-0.2, 0) is 36.5 Å². The van der Waals surface area contributed by atoms with E-state index in [1.165, 1.54) is 0 Å². The van der Waals surface area contributed by atoms with Crippen LogP contribution in [0.1, 0.15) is 28.2 Å². The van der Waals surface area contributed by atoms with Crippen molar-refractivity contribution in [1.29, 1.82) is 0 Å². The van der Waals surface area contributed by atoms with E-state index >= 15 is 0 Å². The van der Waals surface area contributed by atoms with E-state index in [9.17, 15) is 8.42 Å². The molecule has 3 rings (SSSR count). The van der Waals surface area contributed by atoms with Gasteiger partial charge >= 0.3 is 0 Å². The molecule has 1 unspecified atom stereocenters. The van der Waals surface area contributed by atoms with E-state index in [2.05, 4.69) is 16.7 Å². The molecule has 2 aromatic carbocycles. The number of sulfonamides is 1. The lowest BCUT2D eigenvalue weighted by Crippen LogP contribution is -2.31. The predicted molar refractivity (Wildman–Crippen MR) is 143 cm³/mol. The number of benzene rings is 2. The molecule has 3 N–H and O–H groups in total. The molecule has 36 heavy (non-hydrogen) atoms. The summed E-state index contributed by atoms with van der Waals surface area (Å²) in [6.07, 6.45) is 0. The van der Waals surface area contributed by atoms with Gasteiger partial charge in [-0.2, -0.15) is 0 Å². The van der Waals surface area contributed by atoms with Crippen LogP contribution in [0.5, 0.6) is 0 Å². The lowest BCUT2D eigenvalue weighted by Gasteiger charge is -2.33. The van der Waals surface area contributed by atoms with Gasteiger partial charge in [-0.25, -0.2) is 13.1 Å². The first-order chi connectivity index (χ1) is 17.3. The Balaban J connectivity index is 1.44. The number of hydrogen-bond donors (Lipinski definition) is 2. The van der Waals surface area contributed by atoms with Crippen LogP contribution in [-0.4, -0.2) is 79.6 Å². The van der Waals surface area contributed by atoms with Crippen molar-refractivity contribution in [2.24, 2.45) is 5.73 Å². The number of hydrogen-bond acceptors (Lipinski definition) is 7. The Bertz CT molecular complexity index is 1070. The number of likely N-dealkylation sites (N-methyl/N-ethyl adjacent to an activating group) is 1. The summed E-state index contributed by atoms with van der Waals surface area (Å²) in [4.78, 5) is 2.22. The van der Waals surface area contributed by atoms with Crippen LogP contribution in [0.3, 0.4) is 0 Å². The molecule has 11 heteroatoms. The van der Waals surface area contributed by atoms with Crippen LogP contribution in [0.15, 0.2) is 36.4 Å². The average Bonchev–Trinajstić information content (AvgIpc) is 2.83. The maximum atomic E-state index is 12.5. The topological polar surface area (TPSA) is 103 Å². The third kappa shape index (κ3) is 9.24. The number of nitrogens with zero attached hydrogens (tertiary/aromatic N) is 1. The van der Waals surface area contributed by atoms with Gasteiger partial charge in [0, 0.05) is 42.1 Å². The molecule has 1 atom stereocenters. The second kappa shape index (κ2) is 14.6. The van der Waals surface area contributed by atoms with Gasteiger partial charge in [0.25, 0.3) is 0 Å². The predicted octanol–water partition coefficient (Wildman–Crippen LogP) is 3.00. The first kappa shape index (κ1) is 29.3. The van der Waals surface area contributed by atoms with E-state index in [1.54, 1.807) is 6.07 Å². The second-order valence-electron chi connectivity index (χ2n) is 8.73. The van der Waals surface area contributed by atoms with Gasteiger partial charge in [0.1, 0.15) is 0 Å². The molecule has 2 aromatic rings. The minimum Gasteiger partial charge on any atom is -0.378 e. The summed E-state index contributed by atoms with van der Waals surface area (Å²) in [5, 5.41) is 1.29. The normalized spacial score (nSPS) is 16.3. The number of rotatable bonds is 15. The summed E-state index contributed by atoms with van der Waals surface area (Å²) in [5.74, 6) is 0.0104. The Labute approximate surface area is 224 Å². The molecule has 0 bridgehead atoms. The van der Waals surface area contributed by atoms with E-state index in [4.69, 9.17) is 43.1 Å². The van der Waals surface area contributed by atoms with Crippen molar-refractivity contribution in [2.75, 3.05) is 66.3 Å². The molecule has 1 heterocycles. The smallest absolute Gasteiger partial charge is 0.215 e. The lowest BCUT2D eigenvalue weighted by molar-refractivity contribution is 0.0171. The van der Waals surface area contributed by atoms with Crippen molar-refractivity contribution < 1.29 is 22.6 Å². The van der Waals surface area contributed by atoms with Crippen molar-refractivity contribution in [3.05, 3.63) is 68.7 Å². The molecule has 8 nitrogen and oxygen atoms in total. The third-order valence-electron chi connectivity index (χ3n) is 5.81. The highest BCUT2D eigenvalue weighted by Crippen LogP contribution is 2.38. The quantitative estimate of drug-likeness (QED) is 0.323. The molecule has 1 aliphatic rings. The maximum Gasteiger partial charge on any atom is 0.215 e. The third-order valence-corrected chi connectivity index (χ3v) is 7.72. The summed E-state index contributed by atoms with van der Waals surface area (Å²) >= 11 is 12.7. The van der Waals surface area contributed by atoms with Crippen molar-refractivity contribution in [2.45, 2.75) is 18.2 Å². The molecular formula is C25H35Cl2N3O5S. The SMILES string of the molecule is CN1Cc2c(Cl)cc(Cl)cc2C(c2ccc(CS(=O)(=O)NCCOCCOCCOCCN)cc2)C1. The van der Waals surface area contributed by atoms with Crippen molar-refractivity contribution in [1.82, 2.24) is 9.62 Å². The highest BCUT2D eigenvalue weighted by molar-refractivity contribution is 7.88. The zero-order valence-corrected chi connectivity index (χ0v) is 22.9. The molecule has 0 saturated heterocycles. The molecule has 0 radical (unpaired) electrons. The molecule has 0 amide bonds. The average molecular weight is 561 g/mol. The Kier molecular flexibility index (Phi) is 11.9. The van der Waals surface area contributed by atoms with Crippen molar-refractivity contribution in [3.8, 4) is 0 Å². The van der Waals surface area contributed by atoms with Crippen LogP contribution < -0.4 is 10.5 Å². The first-order valence-electron chi connectivity index (χ1n) is 11.9. The van der Waals surface area contributed by atoms with E-state index in [1.807, 2.05) is 30.3 Å². The zero-order valence-electron chi connectivity index (χ0n) is 20.5. The highest BCUT2D eigenvalue weighted by Gasteiger charge is 2.27. The Hall–Kier alpha value is -1.27. The van der Waals surface area contributed by atoms with Gasteiger partial charge in [-0.15, -0.1) is 0 Å². The van der Waals surface area contributed by atoms with Crippen LogP contribution in [0, 0.1) is 0 Å². The second-order valence-corrected chi connectivity index (χ2v) is 11.4. The van der Waals surface area contributed by atoms with Gasteiger partial charge in [0.15, 0.2) is 0 Å². The van der Waals surface area contributed by atoms with E-state index in [-0.39, 0.29) is 24.8 Å². The Morgan fingerprint density at radius 2 is 1.64 bits per heavy atom. The lowest BCUT2D eigenvalue weighted by atomic mass is 9.84. The summed E-state index contributed by atoms with van der Waals surface area (Å²) in [7, 11) is -1.42. The molecule has 1 aliphatic heterocycles. The van der Waals surface area contributed by atoms with Crippen molar-refractivity contribution >= 4 is 33.2 Å². The minimum absolute atomic E-state index is 0.0992. The summed E-state index contributed by atoms with van der Waals surface area (Å²) < 4.78 is 43.5. The molecule has 0 aromatic heterocycles. The van der Waals surface area contributed by atoms with E-state index in [0.717, 1.165) is 29.8 Å². The van der Waals surface area contributed by atoms with Crippen LogP contribution in [0.4, 0.5) is 0 Å². The van der Waals surface area contributed by atoms with Crippen LogP contribution in [0.2, 0.25) is 10.0 Å². The van der Waals surface area contributed by atoms with Crippen LogP contribution >= 0.6 is 23.2 Å². The largest absolute Gasteiger partial charge is 0.378 e. The van der Waals surface area contributed by atoms with Crippen molar-refractivity contribution in [3.63, 3.8) is 0 Å². The standard InChI is InChI=1S/C25H35Cl2N3O5S/c1-30-16-23(22-14-21(26)15-25(27)24(22)17-30)20-4-2-19(3-5-20)18-36(31,32)29-7-9-34-11-13-35-12-10-33-8-6-28/h2-5,14-15,23,29H,6-13,16-18,28H2,1H3. The number of fused-ring (bicyclic) bond motifs is 1. The summed E-state index contributed by atoms with van der Waals surface area (Å²) in [5.41, 5.74) is 9.34.